The second kappa shape index (κ2) is 7.39. The Kier molecular flexibility index (Phi) is 5.22. The lowest BCUT2D eigenvalue weighted by molar-refractivity contribution is -0.385. The highest BCUT2D eigenvalue weighted by atomic mass is 16.6. The zero-order valence-corrected chi connectivity index (χ0v) is 14.4. The quantitative estimate of drug-likeness (QED) is 0.631. The van der Waals surface area contributed by atoms with Gasteiger partial charge in [0, 0.05) is 31.4 Å². The van der Waals surface area contributed by atoms with Gasteiger partial charge in [0.1, 0.15) is 5.56 Å². The van der Waals surface area contributed by atoms with Crippen LogP contribution in [0.2, 0.25) is 0 Å². The van der Waals surface area contributed by atoms with Crippen LogP contribution < -0.4 is 5.32 Å². The predicted molar refractivity (Wildman–Crippen MR) is 94.8 cm³/mol. The summed E-state index contributed by atoms with van der Waals surface area (Å²) in [5, 5.41) is 25.0. The number of anilines is 1. The molecule has 3 rings (SSSR count). The fourth-order valence-corrected chi connectivity index (χ4v) is 3.72. The molecule has 2 N–H and O–H groups in total. The summed E-state index contributed by atoms with van der Waals surface area (Å²) in [6, 6.07) is 4.52. The number of nitro benzene ring substituents is 1. The Morgan fingerprint density at radius 1 is 1.20 bits per heavy atom. The number of benzene rings is 1. The van der Waals surface area contributed by atoms with Gasteiger partial charge in [0.05, 0.1) is 10.5 Å². The molecule has 1 aliphatic carbocycles. The van der Waals surface area contributed by atoms with Gasteiger partial charge in [-0.1, -0.05) is 19.3 Å². The summed E-state index contributed by atoms with van der Waals surface area (Å²) in [4.78, 5) is 25.1. The van der Waals surface area contributed by atoms with Gasteiger partial charge >= 0.3 is 0 Å². The molecule has 1 heterocycles. The Hall–Kier alpha value is -2.15. The number of nitrogens with one attached hydrogen (secondary N) is 1. The van der Waals surface area contributed by atoms with Gasteiger partial charge in [-0.05, 0) is 37.8 Å². The average Bonchev–Trinajstić information content (AvgIpc) is 3.14. The van der Waals surface area contributed by atoms with Gasteiger partial charge in [-0.25, -0.2) is 0 Å². The van der Waals surface area contributed by atoms with Crippen LogP contribution in [-0.4, -0.2) is 46.1 Å². The standard InChI is InChI=1S/C18H25N3O4/c22-17(20-10-4-5-11-20)15-12-14(6-7-16(15)21(24)25)19-13-18(23)8-2-1-3-9-18/h6-7,12,19,23H,1-5,8-11,13H2. The summed E-state index contributed by atoms with van der Waals surface area (Å²) in [5.74, 6) is -0.288. The minimum Gasteiger partial charge on any atom is -0.388 e. The molecule has 1 saturated carbocycles. The zero-order chi connectivity index (χ0) is 17.9. The van der Waals surface area contributed by atoms with Crippen LogP contribution in [0.5, 0.6) is 0 Å². The molecular weight excluding hydrogens is 322 g/mol. The number of carbonyl (C=O) groups excluding carboxylic acids is 1. The molecule has 2 aliphatic rings. The molecule has 0 radical (unpaired) electrons. The van der Waals surface area contributed by atoms with Crippen molar-refractivity contribution in [3.05, 3.63) is 33.9 Å². The lowest BCUT2D eigenvalue weighted by atomic mass is 9.85. The van der Waals surface area contributed by atoms with Gasteiger partial charge in [-0.15, -0.1) is 0 Å². The normalized spacial score (nSPS) is 19.6. The Morgan fingerprint density at radius 2 is 1.88 bits per heavy atom. The smallest absolute Gasteiger partial charge is 0.282 e. The molecule has 1 amide bonds. The number of rotatable bonds is 5. The number of likely N-dealkylation sites (tertiary alicyclic amines) is 1. The first-order valence-corrected chi connectivity index (χ1v) is 9.02. The van der Waals surface area contributed by atoms with Crippen LogP contribution in [0, 0.1) is 10.1 Å². The van der Waals surface area contributed by atoms with Crippen molar-refractivity contribution in [1.29, 1.82) is 0 Å². The number of nitro groups is 1. The van der Waals surface area contributed by atoms with E-state index in [0.717, 1.165) is 44.9 Å². The second-order valence-electron chi connectivity index (χ2n) is 7.13. The van der Waals surface area contributed by atoms with E-state index in [9.17, 15) is 20.0 Å². The van der Waals surface area contributed by atoms with Crippen LogP contribution in [0.1, 0.15) is 55.3 Å². The van der Waals surface area contributed by atoms with Crippen LogP contribution in [0.4, 0.5) is 11.4 Å². The molecule has 7 nitrogen and oxygen atoms in total. The Balaban J connectivity index is 1.77. The maximum absolute atomic E-state index is 12.6. The number of hydrogen-bond acceptors (Lipinski definition) is 5. The van der Waals surface area contributed by atoms with Crippen molar-refractivity contribution in [3.8, 4) is 0 Å². The van der Waals surface area contributed by atoms with Gasteiger partial charge in [-0.2, -0.15) is 0 Å². The van der Waals surface area contributed by atoms with Gasteiger partial charge in [0.15, 0.2) is 0 Å². The molecule has 0 spiro atoms. The van der Waals surface area contributed by atoms with Crippen LogP contribution in [0.3, 0.4) is 0 Å². The summed E-state index contributed by atoms with van der Waals surface area (Å²) < 4.78 is 0. The van der Waals surface area contributed by atoms with E-state index in [0.29, 0.717) is 25.3 Å². The van der Waals surface area contributed by atoms with E-state index in [1.807, 2.05) is 0 Å². The maximum atomic E-state index is 12.6. The summed E-state index contributed by atoms with van der Waals surface area (Å²) in [7, 11) is 0. The van der Waals surface area contributed by atoms with Crippen molar-refractivity contribution in [1.82, 2.24) is 4.90 Å². The van der Waals surface area contributed by atoms with Crippen molar-refractivity contribution in [2.75, 3.05) is 25.0 Å². The van der Waals surface area contributed by atoms with E-state index < -0.39 is 10.5 Å². The first-order valence-electron chi connectivity index (χ1n) is 9.02. The Bertz CT molecular complexity index is 650. The summed E-state index contributed by atoms with van der Waals surface area (Å²) in [5.41, 5.74) is -0.155. The molecule has 7 heteroatoms. The maximum Gasteiger partial charge on any atom is 0.282 e. The molecule has 0 unspecified atom stereocenters. The summed E-state index contributed by atoms with van der Waals surface area (Å²) >= 11 is 0. The molecule has 0 bridgehead atoms. The molecule has 2 fully saturated rings. The number of nitrogens with zero attached hydrogens (tertiary/aromatic N) is 2. The fourth-order valence-electron chi connectivity index (χ4n) is 3.72. The van der Waals surface area contributed by atoms with Gasteiger partial charge in [0.25, 0.3) is 11.6 Å². The van der Waals surface area contributed by atoms with Crippen LogP contribution in [-0.2, 0) is 0 Å². The van der Waals surface area contributed by atoms with Crippen molar-refractivity contribution in [3.63, 3.8) is 0 Å². The van der Waals surface area contributed by atoms with E-state index in [4.69, 9.17) is 0 Å². The summed E-state index contributed by atoms with van der Waals surface area (Å²) in [6.07, 6.45) is 6.55. The van der Waals surface area contributed by atoms with Gasteiger partial charge in [0.2, 0.25) is 0 Å². The average molecular weight is 347 g/mol. The molecular formula is C18H25N3O4. The topological polar surface area (TPSA) is 95.7 Å². The Morgan fingerprint density at radius 3 is 2.52 bits per heavy atom. The van der Waals surface area contributed by atoms with Crippen LogP contribution >= 0.6 is 0 Å². The number of aliphatic hydroxyl groups is 1. The van der Waals surface area contributed by atoms with E-state index in [-0.39, 0.29) is 17.2 Å². The predicted octanol–water partition coefficient (Wildman–Crippen LogP) is 2.94. The molecule has 1 aliphatic heterocycles. The number of carbonyl (C=O) groups is 1. The first-order chi connectivity index (χ1) is 12.0. The molecule has 1 saturated heterocycles. The minimum absolute atomic E-state index is 0.118. The van der Waals surface area contributed by atoms with E-state index in [2.05, 4.69) is 5.32 Å². The van der Waals surface area contributed by atoms with Crippen molar-refractivity contribution >= 4 is 17.3 Å². The lowest BCUT2D eigenvalue weighted by Gasteiger charge is -2.32. The highest BCUT2D eigenvalue weighted by Gasteiger charge is 2.30. The number of amides is 1. The third kappa shape index (κ3) is 4.10. The monoisotopic (exact) mass is 347 g/mol. The molecule has 25 heavy (non-hydrogen) atoms. The highest BCUT2D eigenvalue weighted by Crippen LogP contribution is 2.30. The number of hydrogen-bond donors (Lipinski definition) is 2. The van der Waals surface area contributed by atoms with Crippen molar-refractivity contribution in [2.45, 2.75) is 50.5 Å². The van der Waals surface area contributed by atoms with Crippen LogP contribution in [0.25, 0.3) is 0 Å². The lowest BCUT2D eigenvalue weighted by Crippen LogP contribution is -2.38. The molecule has 1 aromatic carbocycles. The Labute approximate surface area is 147 Å². The van der Waals surface area contributed by atoms with Gasteiger partial charge in [-0.3, -0.25) is 14.9 Å². The zero-order valence-electron chi connectivity index (χ0n) is 14.4. The summed E-state index contributed by atoms with van der Waals surface area (Å²) in [6.45, 7) is 1.68. The third-order valence-corrected chi connectivity index (χ3v) is 5.22. The highest BCUT2D eigenvalue weighted by molar-refractivity contribution is 5.99. The second-order valence-corrected chi connectivity index (χ2v) is 7.13. The van der Waals surface area contributed by atoms with Gasteiger partial charge < -0.3 is 15.3 Å². The van der Waals surface area contributed by atoms with E-state index in [1.54, 1.807) is 17.0 Å². The SMILES string of the molecule is O=C(c1cc(NCC2(O)CCCCC2)ccc1[N+](=O)[O-])N1CCCC1. The van der Waals surface area contributed by atoms with E-state index in [1.165, 1.54) is 6.07 Å². The fraction of sp³-hybridized carbons (Fsp3) is 0.611. The molecule has 136 valence electrons. The molecule has 0 aromatic heterocycles. The van der Waals surface area contributed by atoms with Crippen molar-refractivity contribution in [2.24, 2.45) is 0 Å². The van der Waals surface area contributed by atoms with Crippen molar-refractivity contribution < 1.29 is 14.8 Å². The first kappa shape index (κ1) is 17.7. The minimum atomic E-state index is -0.737. The largest absolute Gasteiger partial charge is 0.388 e. The molecule has 0 atom stereocenters. The third-order valence-electron chi connectivity index (χ3n) is 5.22. The molecule has 1 aromatic rings. The van der Waals surface area contributed by atoms with E-state index >= 15 is 0 Å². The van der Waals surface area contributed by atoms with Crippen LogP contribution in [0.15, 0.2) is 18.2 Å².